The van der Waals surface area contributed by atoms with Gasteiger partial charge in [0.25, 0.3) is 0 Å². The predicted molar refractivity (Wildman–Crippen MR) is 57.9 cm³/mol. The zero-order valence-corrected chi connectivity index (χ0v) is 8.90. The first kappa shape index (κ1) is 11.4. The lowest BCUT2D eigenvalue weighted by Gasteiger charge is -2.06. The van der Waals surface area contributed by atoms with E-state index in [9.17, 15) is 5.11 Å². The van der Waals surface area contributed by atoms with E-state index in [2.05, 4.69) is 5.16 Å². The van der Waals surface area contributed by atoms with Crippen LogP contribution in [0.3, 0.4) is 0 Å². The first-order valence-electron chi connectivity index (χ1n) is 4.70. The second kappa shape index (κ2) is 5.24. The number of hydrogen-bond acceptors (Lipinski definition) is 4. The Labute approximate surface area is 88.8 Å². The molecular formula is C11H15NO3. The fraction of sp³-hybridized carbons (Fsp3) is 0.364. The number of ether oxygens (including phenoxy) is 1. The third kappa shape index (κ3) is 3.16. The minimum absolute atomic E-state index is 0.133. The maximum absolute atomic E-state index is 9.37. The summed E-state index contributed by atoms with van der Waals surface area (Å²) in [5, 5.41) is 21.0. The molecule has 4 heteroatoms. The van der Waals surface area contributed by atoms with E-state index in [1.54, 1.807) is 19.1 Å². The molecule has 1 aromatic carbocycles. The zero-order valence-electron chi connectivity index (χ0n) is 8.90. The average molecular weight is 209 g/mol. The van der Waals surface area contributed by atoms with Crippen molar-refractivity contribution in [2.24, 2.45) is 5.16 Å². The van der Waals surface area contributed by atoms with Crippen molar-refractivity contribution in [3.05, 3.63) is 23.8 Å². The molecule has 0 saturated heterocycles. The van der Waals surface area contributed by atoms with Crippen LogP contribution in [0.1, 0.15) is 18.9 Å². The molecular weight excluding hydrogens is 194 g/mol. The predicted octanol–water partition coefficient (Wildman–Crippen LogP) is 2.18. The summed E-state index contributed by atoms with van der Waals surface area (Å²) in [5.41, 5.74) is 1.72. The molecule has 1 aromatic rings. The van der Waals surface area contributed by atoms with Crippen LogP contribution < -0.4 is 4.74 Å². The number of aromatic hydroxyl groups is 1. The summed E-state index contributed by atoms with van der Waals surface area (Å²) in [6.45, 7) is 1.76. The minimum Gasteiger partial charge on any atom is -0.504 e. The molecule has 1 rings (SSSR count). The fourth-order valence-corrected chi connectivity index (χ4v) is 1.25. The molecule has 0 amide bonds. The topological polar surface area (TPSA) is 62.0 Å². The molecule has 0 bridgehead atoms. The van der Waals surface area contributed by atoms with Crippen LogP contribution in [0.15, 0.2) is 23.4 Å². The lowest BCUT2D eigenvalue weighted by atomic mass is 10.1. The van der Waals surface area contributed by atoms with Crippen molar-refractivity contribution < 1.29 is 15.1 Å². The molecule has 0 aliphatic rings. The second-order valence-corrected chi connectivity index (χ2v) is 3.34. The average Bonchev–Trinajstić information content (AvgIpc) is 2.27. The van der Waals surface area contributed by atoms with E-state index in [0.717, 1.165) is 12.0 Å². The monoisotopic (exact) mass is 209 g/mol. The Morgan fingerprint density at radius 3 is 2.80 bits per heavy atom. The number of oxime groups is 1. The van der Waals surface area contributed by atoms with Gasteiger partial charge in [0.15, 0.2) is 11.5 Å². The molecule has 0 aliphatic heterocycles. The van der Waals surface area contributed by atoms with Crippen molar-refractivity contribution in [3.8, 4) is 11.5 Å². The van der Waals surface area contributed by atoms with Crippen LogP contribution in [-0.4, -0.2) is 23.1 Å². The van der Waals surface area contributed by atoms with Gasteiger partial charge in [-0.1, -0.05) is 11.2 Å². The molecule has 0 aliphatic carbocycles. The highest BCUT2D eigenvalue weighted by Crippen LogP contribution is 2.26. The summed E-state index contributed by atoms with van der Waals surface area (Å²) in [5.74, 6) is 0.597. The smallest absolute Gasteiger partial charge is 0.160 e. The van der Waals surface area contributed by atoms with Gasteiger partial charge in [-0.15, -0.1) is 0 Å². The normalized spacial score (nSPS) is 11.5. The molecule has 0 spiro atoms. The Morgan fingerprint density at radius 2 is 2.20 bits per heavy atom. The Bertz CT molecular complexity index is 361. The Morgan fingerprint density at radius 1 is 1.47 bits per heavy atom. The zero-order chi connectivity index (χ0) is 11.3. The summed E-state index contributed by atoms with van der Waals surface area (Å²) in [4.78, 5) is 0. The number of aryl methyl sites for hydroxylation is 1. The summed E-state index contributed by atoms with van der Waals surface area (Å²) in [7, 11) is 1.51. The van der Waals surface area contributed by atoms with Crippen LogP contribution in [0.5, 0.6) is 11.5 Å². The third-order valence-corrected chi connectivity index (χ3v) is 2.19. The molecule has 0 radical (unpaired) electrons. The maximum atomic E-state index is 9.37. The lowest BCUT2D eigenvalue weighted by Crippen LogP contribution is -1.95. The number of nitrogens with zero attached hydrogens (tertiary/aromatic N) is 1. The highest BCUT2D eigenvalue weighted by atomic mass is 16.5. The van der Waals surface area contributed by atoms with Crippen LogP contribution in [0.4, 0.5) is 0 Å². The first-order chi connectivity index (χ1) is 7.17. The quantitative estimate of drug-likeness (QED) is 0.454. The molecule has 82 valence electrons. The Balaban J connectivity index is 2.70. The summed E-state index contributed by atoms with van der Waals surface area (Å²) < 4.78 is 4.99. The summed E-state index contributed by atoms with van der Waals surface area (Å²) >= 11 is 0. The molecule has 15 heavy (non-hydrogen) atoms. The van der Waals surface area contributed by atoms with Gasteiger partial charge in [0, 0.05) is 0 Å². The van der Waals surface area contributed by atoms with Crippen LogP contribution in [-0.2, 0) is 6.42 Å². The van der Waals surface area contributed by atoms with E-state index in [1.807, 2.05) is 6.07 Å². The van der Waals surface area contributed by atoms with E-state index in [0.29, 0.717) is 17.9 Å². The number of phenols is 1. The standard InChI is InChI=1S/C11H15NO3/c1-8(12-14)3-4-9-5-6-10(13)11(7-9)15-2/h5-7,13-14H,3-4H2,1-2H3/b12-8+. The van der Waals surface area contributed by atoms with E-state index in [4.69, 9.17) is 9.94 Å². The number of methoxy groups -OCH3 is 1. The molecule has 0 heterocycles. The Kier molecular flexibility index (Phi) is 3.97. The molecule has 0 fully saturated rings. The molecule has 0 atom stereocenters. The number of phenolic OH excluding ortho intramolecular Hbond substituents is 1. The van der Waals surface area contributed by atoms with E-state index in [-0.39, 0.29) is 5.75 Å². The van der Waals surface area contributed by atoms with Gasteiger partial charge in [0.2, 0.25) is 0 Å². The van der Waals surface area contributed by atoms with Crippen LogP contribution in [0, 0.1) is 0 Å². The molecule has 2 N–H and O–H groups in total. The maximum Gasteiger partial charge on any atom is 0.160 e. The van der Waals surface area contributed by atoms with Crippen molar-refractivity contribution in [1.29, 1.82) is 0 Å². The number of rotatable bonds is 4. The number of hydrogen-bond donors (Lipinski definition) is 2. The lowest BCUT2D eigenvalue weighted by molar-refractivity contribution is 0.317. The number of benzene rings is 1. The van der Waals surface area contributed by atoms with E-state index in [1.165, 1.54) is 7.11 Å². The Hall–Kier alpha value is -1.71. The molecule has 0 aromatic heterocycles. The van der Waals surface area contributed by atoms with Gasteiger partial charge in [-0.3, -0.25) is 0 Å². The van der Waals surface area contributed by atoms with E-state index >= 15 is 0 Å². The van der Waals surface area contributed by atoms with Gasteiger partial charge in [0.05, 0.1) is 12.8 Å². The van der Waals surface area contributed by atoms with Crippen molar-refractivity contribution in [2.75, 3.05) is 7.11 Å². The van der Waals surface area contributed by atoms with Gasteiger partial charge >= 0.3 is 0 Å². The van der Waals surface area contributed by atoms with Crippen molar-refractivity contribution in [3.63, 3.8) is 0 Å². The second-order valence-electron chi connectivity index (χ2n) is 3.34. The largest absolute Gasteiger partial charge is 0.504 e. The minimum atomic E-state index is 0.133. The highest BCUT2D eigenvalue weighted by Gasteiger charge is 2.03. The first-order valence-corrected chi connectivity index (χ1v) is 4.70. The fourth-order valence-electron chi connectivity index (χ4n) is 1.25. The van der Waals surface area contributed by atoms with Gasteiger partial charge in [-0.2, -0.15) is 0 Å². The summed E-state index contributed by atoms with van der Waals surface area (Å²) in [6, 6.07) is 5.20. The third-order valence-electron chi connectivity index (χ3n) is 2.19. The van der Waals surface area contributed by atoms with Gasteiger partial charge in [-0.05, 0) is 37.5 Å². The van der Waals surface area contributed by atoms with Crippen molar-refractivity contribution in [1.82, 2.24) is 0 Å². The van der Waals surface area contributed by atoms with Crippen LogP contribution in [0.25, 0.3) is 0 Å². The summed E-state index contributed by atoms with van der Waals surface area (Å²) in [6.07, 6.45) is 1.44. The SMILES string of the molecule is COc1cc(CC/C(C)=N/O)ccc1O. The van der Waals surface area contributed by atoms with Crippen LogP contribution in [0.2, 0.25) is 0 Å². The van der Waals surface area contributed by atoms with Crippen molar-refractivity contribution >= 4 is 5.71 Å². The van der Waals surface area contributed by atoms with Gasteiger partial charge in [-0.25, -0.2) is 0 Å². The van der Waals surface area contributed by atoms with Gasteiger partial charge < -0.3 is 15.1 Å². The molecule has 0 saturated carbocycles. The van der Waals surface area contributed by atoms with Crippen LogP contribution >= 0.6 is 0 Å². The van der Waals surface area contributed by atoms with Gasteiger partial charge in [0.1, 0.15) is 0 Å². The molecule has 4 nitrogen and oxygen atoms in total. The van der Waals surface area contributed by atoms with E-state index < -0.39 is 0 Å². The highest BCUT2D eigenvalue weighted by molar-refractivity contribution is 5.81. The van der Waals surface area contributed by atoms with Crippen molar-refractivity contribution in [2.45, 2.75) is 19.8 Å². The molecule has 0 unspecified atom stereocenters.